The molecule has 0 N–H and O–H groups in total. The van der Waals surface area contributed by atoms with Crippen LogP contribution in [0, 0.1) is 10.1 Å². The van der Waals surface area contributed by atoms with E-state index in [0.717, 1.165) is 0 Å². The van der Waals surface area contributed by atoms with Gasteiger partial charge in [0.05, 0.1) is 10.6 Å². The number of carbonyl (C=O) groups is 1. The topological polar surface area (TPSA) is 81.3 Å². The second-order valence-electron chi connectivity index (χ2n) is 4.62. The third-order valence-electron chi connectivity index (χ3n) is 3.46. The van der Waals surface area contributed by atoms with Gasteiger partial charge in [0.2, 0.25) is 5.91 Å². The van der Waals surface area contributed by atoms with E-state index < -0.39 is 11.1 Å². The van der Waals surface area contributed by atoms with Crippen molar-refractivity contribution in [3.8, 4) is 11.3 Å². The maximum atomic E-state index is 11.9. The number of para-hydroxylation sites is 1. The van der Waals surface area contributed by atoms with Gasteiger partial charge in [-0.15, -0.1) is 0 Å². The molecule has 102 valence electrons. The van der Waals surface area contributed by atoms with Crippen molar-refractivity contribution in [2.24, 2.45) is 0 Å². The maximum Gasteiger partial charge on any atom is 0.315 e. The number of anilines is 1. The van der Waals surface area contributed by atoms with E-state index >= 15 is 0 Å². The Hall–Kier alpha value is -2.70. The number of nitro groups is 1. The van der Waals surface area contributed by atoms with Gasteiger partial charge >= 0.3 is 5.69 Å². The molecule has 1 aromatic carbocycles. The van der Waals surface area contributed by atoms with Gasteiger partial charge in [0.25, 0.3) is 0 Å². The first-order valence-corrected chi connectivity index (χ1v) is 6.13. The molecule has 1 amide bonds. The average molecular weight is 272 g/mol. The van der Waals surface area contributed by atoms with Gasteiger partial charge in [-0.1, -0.05) is 18.2 Å². The Morgan fingerprint density at radius 3 is 2.75 bits per heavy atom. The summed E-state index contributed by atoms with van der Waals surface area (Å²) in [5.74, 6) is -0.131. The highest BCUT2D eigenvalue weighted by Crippen LogP contribution is 2.43. The predicted octanol–water partition coefficient (Wildman–Crippen LogP) is 2.34. The van der Waals surface area contributed by atoms with Crippen molar-refractivity contribution in [3.63, 3.8) is 0 Å². The van der Waals surface area contributed by atoms with E-state index in [1.165, 1.54) is 17.8 Å². The van der Waals surface area contributed by atoms with Crippen molar-refractivity contribution >= 4 is 17.3 Å². The van der Waals surface area contributed by atoms with Gasteiger partial charge in [0.1, 0.15) is 12.4 Å². The lowest BCUT2D eigenvalue weighted by molar-refractivity contribution is -0.384. The molecule has 0 radical (unpaired) electrons. The number of hydrogen-bond acceptors (Lipinski definition) is 4. The third-order valence-corrected chi connectivity index (χ3v) is 3.46. The fourth-order valence-corrected chi connectivity index (χ4v) is 2.66. The molecule has 1 unspecified atom stereocenters. The van der Waals surface area contributed by atoms with E-state index in [1.54, 1.807) is 36.1 Å². The molecule has 0 aliphatic carbocycles. The van der Waals surface area contributed by atoms with Crippen LogP contribution >= 0.6 is 0 Å². The van der Waals surface area contributed by atoms with Gasteiger partial charge in [-0.05, 0) is 13.0 Å². The maximum absolute atomic E-state index is 11.9. The van der Waals surface area contributed by atoms with Crippen LogP contribution in [0.3, 0.4) is 0 Å². The Morgan fingerprint density at radius 2 is 2.10 bits per heavy atom. The molecule has 20 heavy (non-hydrogen) atoms. The molecule has 3 rings (SSSR count). The summed E-state index contributed by atoms with van der Waals surface area (Å²) in [6, 6.07) is 7.14. The van der Waals surface area contributed by atoms with Crippen LogP contribution < -0.4 is 4.90 Å². The molecule has 1 aliphatic rings. The number of amides is 1. The van der Waals surface area contributed by atoms with Crippen molar-refractivity contribution in [1.82, 2.24) is 9.78 Å². The minimum atomic E-state index is -0.453. The first-order valence-electron chi connectivity index (χ1n) is 6.13. The van der Waals surface area contributed by atoms with Crippen LogP contribution in [-0.2, 0) is 4.79 Å². The summed E-state index contributed by atoms with van der Waals surface area (Å²) in [7, 11) is 0. The number of carbonyl (C=O) groups excluding carboxylic acids is 1. The second-order valence-corrected chi connectivity index (χ2v) is 4.62. The monoisotopic (exact) mass is 272 g/mol. The number of fused-ring (bicyclic) bond motifs is 3. The van der Waals surface area contributed by atoms with Crippen LogP contribution in [0.2, 0.25) is 0 Å². The number of nitrogens with zero attached hydrogens (tertiary/aromatic N) is 4. The molecule has 0 saturated carbocycles. The zero-order valence-corrected chi connectivity index (χ0v) is 11.0. The Morgan fingerprint density at radius 1 is 1.40 bits per heavy atom. The summed E-state index contributed by atoms with van der Waals surface area (Å²) >= 11 is 0. The molecule has 7 heteroatoms. The Labute approximate surface area is 114 Å². The molecule has 2 aromatic rings. The van der Waals surface area contributed by atoms with Crippen molar-refractivity contribution < 1.29 is 9.72 Å². The number of benzene rings is 1. The van der Waals surface area contributed by atoms with E-state index in [9.17, 15) is 14.9 Å². The zero-order valence-electron chi connectivity index (χ0n) is 11.0. The van der Waals surface area contributed by atoms with E-state index in [0.29, 0.717) is 16.9 Å². The fourth-order valence-electron chi connectivity index (χ4n) is 2.66. The highest BCUT2D eigenvalue weighted by molar-refractivity contribution is 5.98. The van der Waals surface area contributed by atoms with Crippen LogP contribution in [0.1, 0.15) is 20.0 Å². The van der Waals surface area contributed by atoms with Gasteiger partial charge < -0.3 is 0 Å². The van der Waals surface area contributed by atoms with Gasteiger partial charge in [-0.2, -0.15) is 5.10 Å². The van der Waals surface area contributed by atoms with Crippen LogP contribution in [-0.4, -0.2) is 20.6 Å². The summed E-state index contributed by atoms with van der Waals surface area (Å²) in [5, 5.41) is 15.2. The van der Waals surface area contributed by atoms with Crippen molar-refractivity contribution in [2.75, 3.05) is 4.90 Å². The minimum Gasteiger partial charge on any atom is -0.289 e. The van der Waals surface area contributed by atoms with E-state index in [4.69, 9.17) is 0 Å². The molecular weight excluding hydrogens is 260 g/mol. The zero-order chi connectivity index (χ0) is 14.4. The van der Waals surface area contributed by atoms with Crippen LogP contribution in [0.4, 0.5) is 11.4 Å². The number of hydrogen-bond donors (Lipinski definition) is 0. The lowest BCUT2D eigenvalue weighted by Crippen LogP contribution is -2.38. The first kappa shape index (κ1) is 12.3. The molecule has 0 saturated heterocycles. The molecule has 0 spiro atoms. The highest BCUT2D eigenvalue weighted by Gasteiger charge is 2.36. The van der Waals surface area contributed by atoms with Gasteiger partial charge in [0, 0.05) is 12.5 Å². The molecule has 1 atom stereocenters. The van der Waals surface area contributed by atoms with Crippen LogP contribution in [0.15, 0.2) is 30.5 Å². The lowest BCUT2D eigenvalue weighted by atomic mass is 10.0. The van der Waals surface area contributed by atoms with Crippen molar-refractivity contribution in [2.45, 2.75) is 20.0 Å². The predicted molar refractivity (Wildman–Crippen MR) is 72.2 cm³/mol. The van der Waals surface area contributed by atoms with E-state index in [-0.39, 0.29) is 11.6 Å². The quantitative estimate of drug-likeness (QED) is 0.589. The average Bonchev–Trinajstić information content (AvgIpc) is 2.84. The third kappa shape index (κ3) is 1.52. The standard InChI is InChI=1S/C13H12N4O3/c1-8-15(9(2)18)11-6-4-3-5-10(11)13-12(17(19)20)7-14-16(8)13/h3-8H,1-2H3. The SMILES string of the molecule is CC(=O)N1c2ccccc2-c2c([N+](=O)[O-])cnn2C1C. The molecule has 2 heterocycles. The molecule has 1 aliphatic heterocycles. The summed E-state index contributed by atoms with van der Waals surface area (Å²) in [6.45, 7) is 3.26. The van der Waals surface area contributed by atoms with E-state index in [2.05, 4.69) is 5.10 Å². The lowest BCUT2D eigenvalue weighted by Gasteiger charge is -2.34. The molecular formula is C13H12N4O3. The van der Waals surface area contributed by atoms with Gasteiger partial charge in [0.15, 0.2) is 5.69 Å². The highest BCUT2D eigenvalue weighted by atomic mass is 16.6. The summed E-state index contributed by atoms with van der Waals surface area (Å²) in [6.07, 6.45) is 0.831. The first-order chi connectivity index (χ1) is 9.52. The second kappa shape index (κ2) is 4.16. The Balaban J connectivity index is 2.33. The van der Waals surface area contributed by atoms with Gasteiger partial charge in [-0.3, -0.25) is 19.8 Å². The molecule has 0 bridgehead atoms. The molecule has 7 nitrogen and oxygen atoms in total. The fraction of sp³-hybridized carbons (Fsp3) is 0.231. The minimum absolute atomic E-state index is 0.0486. The summed E-state index contributed by atoms with van der Waals surface area (Å²) in [5.41, 5.74) is 1.71. The van der Waals surface area contributed by atoms with Crippen LogP contribution in [0.25, 0.3) is 11.3 Å². The largest absolute Gasteiger partial charge is 0.315 e. The normalized spacial score (nSPS) is 16.5. The number of aromatic nitrogens is 2. The molecule has 1 aromatic heterocycles. The summed E-state index contributed by atoms with van der Waals surface area (Å²) in [4.78, 5) is 24.1. The van der Waals surface area contributed by atoms with Gasteiger partial charge in [-0.25, -0.2) is 4.68 Å². The number of rotatable bonds is 1. The Kier molecular flexibility index (Phi) is 2.56. The van der Waals surface area contributed by atoms with Crippen LogP contribution in [0.5, 0.6) is 0 Å². The van der Waals surface area contributed by atoms with Crippen molar-refractivity contribution in [3.05, 3.63) is 40.6 Å². The van der Waals surface area contributed by atoms with E-state index in [1.807, 2.05) is 0 Å². The molecule has 0 fully saturated rings. The Bertz CT molecular complexity index is 722. The summed E-state index contributed by atoms with van der Waals surface area (Å²) < 4.78 is 1.52. The smallest absolute Gasteiger partial charge is 0.289 e. The van der Waals surface area contributed by atoms with Crippen molar-refractivity contribution in [1.29, 1.82) is 0 Å².